The maximum atomic E-state index is 12.5. The Morgan fingerprint density at radius 3 is 2.46 bits per heavy atom. The second-order valence-corrected chi connectivity index (χ2v) is 8.94. The highest BCUT2D eigenvalue weighted by atomic mass is 16.5. The van der Waals surface area contributed by atoms with E-state index in [0.717, 1.165) is 19.3 Å². The second-order valence-electron chi connectivity index (χ2n) is 8.94. The minimum absolute atomic E-state index is 0.00435. The Kier molecular flexibility index (Phi) is 3.89. The summed E-state index contributed by atoms with van der Waals surface area (Å²) in [6.07, 6.45) is 4.13. The van der Waals surface area contributed by atoms with E-state index in [2.05, 4.69) is 27.7 Å². The van der Waals surface area contributed by atoms with Crippen LogP contribution in [0.25, 0.3) is 0 Å². The molecule has 2 aliphatic carbocycles. The number of allylic oxidation sites excluding steroid dienone is 1. The molecule has 4 heteroatoms. The van der Waals surface area contributed by atoms with E-state index in [-0.39, 0.29) is 28.3 Å². The Bertz CT molecular complexity index is 617. The molecular weight excluding hydrogens is 304 g/mol. The molecule has 4 atom stereocenters. The lowest BCUT2D eigenvalue weighted by Crippen LogP contribution is -2.61. The number of esters is 1. The average molecular weight is 334 g/mol. The Morgan fingerprint density at radius 1 is 1.17 bits per heavy atom. The molecule has 0 unspecified atom stereocenters. The van der Waals surface area contributed by atoms with Gasteiger partial charge in [-0.1, -0.05) is 20.8 Å². The first-order valence-corrected chi connectivity index (χ1v) is 9.06. The maximum Gasteiger partial charge on any atom is 0.337 e. The van der Waals surface area contributed by atoms with E-state index in [9.17, 15) is 9.59 Å². The first kappa shape index (κ1) is 17.5. The van der Waals surface area contributed by atoms with E-state index < -0.39 is 0 Å². The SMILES string of the molecule is COC(=O)C1=C(C)O[C@]2(C)CC[C@H]3C(C)(C)C(=O)CC[C@]3(C)[C@H]2C1. The third-order valence-electron chi connectivity index (χ3n) is 7.39. The number of Topliss-reactive ketones (excluding diaryl/α,β-unsaturated/α-hetero) is 1. The van der Waals surface area contributed by atoms with Gasteiger partial charge in [-0.05, 0) is 50.9 Å². The molecule has 0 aromatic heterocycles. The number of methoxy groups -OCH3 is 1. The van der Waals surface area contributed by atoms with Crippen molar-refractivity contribution in [3.63, 3.8) is 0 Å². The number of rotatable bonds is 1. The van der Waals surface area contributed by atoms with Crippen LogP contribution in [0.2, 0.25) is 0 Å². The van der Waals surface area contributed by atoms with Crippen LogP contribution in [-0.2, 0) is 19.1 Å². The van der Waals surface area contributed by atoms with E-state index in [0.29, 0.717) is 35.9 Å². The molecule has 24 heavy (non-hydrogen) atoms. The standard InChI is InChI=1S/C20H30O4/c1-12-13(17(22)23-6)11-15-19(4)9-8-16(21)18(2,3)14(19)7-10-20(15,5)24-12/h14-15H,7-11H2,1-6H3/t14-,15+,19-,20+/m0/s1. The van der Waals surface area contributed by atoms with Crippen molar-refractivity contribution in [3.05, 3.63) is 11.3 Å². The van der Waals surface area contributed by atoms with Crippen LogP contribution in [0.1, 0.15) is 66.7 Å². The van der Waals surface area contributed by atoms with Gasteiger partial charge < -0.3 is 9.47 Å². The molecule has 0 spiro atoms. The van der Waals surface area contributed by atoms with Gasteiger partial charge in [0.1, 0.15) is 17.1 Å². The predicted octanol–water partition coefficient (Wildman–Crippen LogP) is 4.03. The molecule has 4 nitrogen and oxygen atoms in total. The zero-order chi connectivity index (χ0) is 17.9. The monoisotopic (exact) mass is 334 g/mol. The fourth-order valence-corrected chi connectivity index (χ4v) is 5.99. The lowest BCUT2D eigenvalue weighted by atomic mass is 9.44. The molecule has 2 saturated carbocycles. The summed E-state index contributed by atoms with van der Waals surface area (Å²) in [5.41, 5.74) is 0.112. The summed E-state index contributed by atoms with van der Waals surface area (Å²) in [6.45, 7) is 10.6. The molecule has 0 aromatic rings. The molecule has 0 radical (unpaired) electrons. The van der Waals surface area contributed by atoms with Crippen LogP contribution >= 0.6 is 0 Å². The van der Waals surface area contributed by atoms with Crippen molar-refractivity contribution in [1.29, 1.82) is 0 Å². The van der Waals surface area contributed by atoms with Gasteiger partial charge in [0.2, 0.25) is 0 Å². The number of ether oxygens (including phenoxy) is 2. The quantitative estimate of drug-likeness (QED) is 0.679. The van der Waals surface area contributed by atoms with Crippen LogP contribution in [0, 0.1) is 22.7 Å². The van der Waals surface area contributed by atoms with Gasteiger partial charge in [-0.15, -0.1) is 0 Å². The zero-order valence-electron chi connectivity index (χ0n) is 15.8. The molecule has 1 aliphatic heterocycles. The van der Waals surface area contributed by atoms with Crippen molar-refractivity contribution in [2.24, 2.45) is 22.7 Å². The van der Waals surface area contributed by atoms with Crippen LogP contribution in [-0.4, -0.2) is 24.5 Å². The molecule has 0 N–H and O–H groups in total. The fraction of sp³-hybridized carbons (Fsp3) is 0.800. The van der Waals surface area contributed by atoms with Gasteiger partial charge in [-0.25, -0.2) is 4.79 Å². The van der Waals surface area contributed by atoms with E-state index in [1.165, 1.54) is 7.11 Å². The smallest absolute Gasteiger partial charge is 0.337 e. The van der Waals surface area contributed by atoms with Crippen molar-refractivity contribution in [2.75, 3.05) is 7.11 Å². The number of ketones is 1. The van der Waals surface area contributed by atoms with Crippen molar-refractivity contribution in [2.45, 2.75) is 72.3 Å². The van der Waals surface area contributed by atoms with Crippen LogP contribution < -0.4 is 0 Å². The third-order valence-corrected chi connectivity index (χ3v) is 7.39. The van der Waals surface area contributed by atoms with Crippen LogP contribution in [0.3, 0.4) is 0 Å². The van der Waals surface area contributed by atoms with Crippen molar-refractivity contribution < 1.29 is 19.1 Å². The number of carbonyl (C=O) groups excluding carboxylic acids is 2. The first-order chi connectivity index (χ1) is 11.1. The summed E-state index contributed by atoms with van der Waals surface area (Å²) in [6, 6.07) is 0. The number of carbonyl (C=O) groups is 2. The first-order valence-electron chi connectivity index (χ1n) is 9.06. The highest BCUT2D eigenvalue weighted by Crippen LogP contribution is 2.64. The molecule has 0 amide bonds. The summed E-state index contributed by atoms with van der Waals surface area (Å²) in [5, 5.41) is 0. The summed E-state index contributed by atoms with van der Waals surface area (Å²) in [5.74, 6) is 1.37. The molecule has 134 valence electrons. The molecule has 3 rings (SSSR count). The van der Waals surface area contributed by atoms with E-state index in [1.54, 1.807) is 0 Å². The Labute approximate surface area is 145 Å². The molecule has 0 bridgehead atoms. The van der Waals surface area contributed by atoms with E-state index in [1.807, 2.05) is 6.92 Å². The number of fused-ring (bicyclic) bond motifs is 3. The Balaban J connectivity index is 2.03. The summed E-state index contributed by atoms with van der Waals surface area (Å²) in [7, 11) is 1.42. The van der Waals surface area contributed by atoms with Gasteiger partial charge in [0.05, 0.1) is 12.7 Å². The molecule has 3 aliphatic rings. The minimum atomic E-state index is -0.296. The van der Waals surface area contributed by atoms with Crippen molar-refractivity contribution >= 4 is 11.8 Å². The average Bonchev–Trinajstić information content (AvgIpc) is 2.49. The van der Waals surface area contributed by atoms with Crippen molar-refractivity contribution in [1.82, 2.24) is 0 Å². The van der Waals surface area contributed by atoms with Crippen LogP contribution in [0.4, 0.5) is 0 Å². The minimum Gasteiger partial charge on any atom is -0.491 e. The van der Waals surface area contributed by atoms with Gasteiger partial charge in [0.15, 0.2) is 0 Å². The highest BCUT2D eigenvalue weighted by molar-refractivity contribution is 5.89. The van der Waals surface area contributed by atoms with E-state index >= 15 is 0 Å². The van der Waals surface area contributed by atoms with E-state index in [4.69, 9.17) is 9.47 Å². The maximum absolute atomic E-state index is 12.5. The van der Waals surface area contributed by atoms with Gasteiger partial charge in [-0.3, -0.25) is 4.79 Å². The normalized spacial score (nSPS) is 41.2. The van der Waals surface area contributed by atoms with Gasteiger partial charge in [0.25, 0.3) is 0 Å². The zero-order valence-corrected chi connectivity index (χ0v) is 15.8. The summed E-state index contributed by atoms with van der Waals surface area (Å²) >= 11 is 0. The Morgan fingerprint density at radius 2 is 1.83 bits per heavy atom. The lowest BCUT2D eigenvalue weighted by molar-refractivity contribution is -0.188. The Hall–Kier alpha value is -1.32. The fourth-order valence-electron chi connectivity index (χ4n) is 5.99. The molecular formula is C20H30O4. The number of hydrogen-bond acceptors (Lipinski definition) is 4. The van der Waals surface area contributed by atoms with Crippen LogP contribution in [0.5, 0.6) is 0 Å². The summed E-state index contributed by atoms with van der Waals surface area (Å²) < 4.78 is 11.3. The number of hydrogen-bond donors (Lipinski definition) is 0. The van der Waals surface area contributed by atoms with Gasteiger partial charge in [0, 0.05) is 17.8 Å². The van der Waals surface area contributed by atoms with Gasteiger partial charge in [-0.2, -0.15) is 0 Å². The predicted molar refractivity (Wildman–Crippen MR) is 91.2 cm³/mol. The lowest BCUT2D eigenvalue weighted by Gasteiger charge is -2.62. The molecule has 0 saturated heterocycles. The largest absolute Gasteiger partial charge is 0.491 e. The van der Waals surface area contributed by atoms with Gasteiger partial charge >= 0.3 is 5.97 Å². The topological polar surface area (TPSA) is 52.6 Å². The molecule has 2 fully saturated rings. The molecule has 1 heterocycles. The second kappa shape index (κ2) is 5.34. The van der Waals surface area contributed by atoms with Crippen LogP contribution in [0.15, 0.2) is 11.3 Å². The van der Waals surface area contributed by atoms with Crippen molar-refractivity contribution in [3.8, 4) is 0 Å². The highest BCUT2D eigenvalue weighted by Gasteiger charge is 2.62. The third kappa shape index (κ3) is 2.25. The molecule has 0 aromatic carbocycles. The summed E-state index contributed by atoms with van der Waals surface area (Å²) in [4.78, 5) is 24.7.